The second-order valence-electron chi connectivity index (χ2n) is 9.99. The summed E-state index contributed by atoms with van der Waals surface area (Å²) in [5.74, 6) is 0.144. The Morgan fingerprint density at radius 2 is 1.84 bits per heavy atom. The summed E-state index contributed by atoms with van der Waals surface area (Å²) in [4.78, 5) is 29.6. The number of amides is 1. The number of aromatic amines is 1. The van der Waals surface area contributed by atoms with Gasteiger partial charge in [-0.25, -0.2) is 4.39 Å². The van der Waals surface area contributed by atoms with Crippen LogP contribution in [-0.4, -0.2) is 46.6 Å². The number of fused-ring (bicyclic) bond motifs is 1. The monoisotopic (exact) mass is 527 g/mol. The molecule has 1 aliphatic rings. The van der Waals surface area contributed by atoms with Gasteiger partial charge in [-0.1, -0.05) is 61.3 Å². The van der Waals surface area contributed by atoms with Crippen LogP contribution in [0.25, 0.3) is 10.2 Å². The van der Waals surface area contributed by atoms with Gasteiger partial charge in [0, 0.05) is 25.6 Å². The lowest BCUT2D eigenvalue weighted by molar-refractivity contribution is -0.134. The Balaban J connectivity index is 1.22. The number of nitrogens with zero attached hydrogens (tertiary/aromatic N) is 1. The second-order valence-corrected chi connectivity index (χ2v) is 11.0. The Bertz CT molecular complexity index is 1220. The summed E-state index contributed by atoms with van der Waals surface area (Å²) in [6.07, 6.45) is 10.6. The van der Waals surface area contributed by atoms with E-state index >= 15 is 0 Å². The number of aromatic nitrogens is 1. The summed E-state index contributed by atoms with van der Waals surface area (Å²) in [6, 6.07) is 10.7. The van der Waals surface area contributed by atoms with Crippen molar-refractivity contribution in [1.82, 2.24) is 15.2 Å². The highest BCUT2D eigenvalue weighted by Gasteiger charge is 2.24. The quantitative estimate of drug-likeness (QED) is 0.255. The van der Waals surface area contributed by atoms with Crippen molar-refractivity contribution < 1.29 is 14.3 Å². The number of benzene rings is 2. The Morgan fingerprint density at radius 1 is 1.03 bits per heavy atom. The van der Waals surface area contributed by atoms with Crippen LogP contribution < -0.4 is 10.2 Å². The van der Waals surface area contributed by atoms with Gasteiger partial charge in [0.25, 0.3) is 0 Å². The van der Waals surface area contributed by atoms with E-state index in [0.29, 0.717) is 43.1 Å². The van der Waals surface area contributed by atoms with Gasteiger partial charge in [-0.05, 0) is 68.3 Å². The fourth-order valence-corrected chi connectivity index (χ4v) is 6.23. The highest BCUT2D eigenvalue weighted by molar-refractivity contribution is 7.16. The van der Waals surface area contributed by atoms with Crippen LogP contribution in [-0.2, 0) is 17.6 Å². The topological polar surface area (TPSA) is 85.4 Å². The Hall–Kier alpha value is -2.71. The molecule has 4 rings (SSSR count). The van der Waals surface area contributed by atoms with E-state index in [-0.39, 0.29) is 22.3 Å². The van der Waals surface area contributed by atoms with Gasteiger partial charge in [0.15, 0.2) is 0 Å². The zero-order valence-corrected chi connectivity index (χ0v) is 22.3. The maximum atomic E-state index is 13.8. The molecule has 0 spiro atoms. The molecule has 3 N–H and O–H groups in total. The Morgan fingerprint density at radius 3 is 2.65 bits per heavy atom. The minimum Gasteiger partial charge on any atom is -0.506 e. The van der Waals surface area contributed by atoms with Gasteiger partial charge in [0.1, 0.15) is 17.1 Å². The van der Waals surface area contributed by atoms with Crippen molar-refractivity contribution in [3.05, 3.63) is 63.0 Å². The minimum atomic E-state index is -0.178. The van der Waals surface area contributed by atoms with Crippen LogP contribution >= 0.6 is 11.3 Å². The molecule has 0 aliphatic heterocycles. The van der Waals surface area contributed by atoms with Crippen molar-refractivity contribution in [1.29, 1.82) is 0 Å². The molecule has 200 valence electrons. The van der Waals surface area contributed by atoms with E-state index in [0.717, 1.165) is 66.7 Å². The number of H-pyrrole nitrogens is 1. The molecule has 1 aromatic heterocycles. The lowest BCUT2D eigenvalue weighted by atomic mass is 9.93. The van der Waals surface area contributed by atoms with E-state index in [1.165, 1.54) is 25.3 Å². The number of carbonyl (C=O) groups is 1. The summed E-state index contributed by atoms with van der Waals surface area (Å²) in [5.41, 5.74) is 2.31. The standard InChI is InChI=1S/C29H38FN3O3S/c30-24-13-7-6-9-21(24)16-18-31-19-17-26(35)33(23-11-4-1-5-12-23)20-8-2-3-10-22-14-15-25(34)27-28(22)37-29(36)32-27/h6-7,9,13-15,23,31,34H,1-5,8,10-12,16-20H2,(H,32,36). The highest BCUT2D eigenvalue weighted by atomic mass is 32.1. The van der Waals surface area contributed by atoms with Crippen LogP contribution in [0.2, 0.25) is 0 Å². The van der Waals surface area contributed by atoms with Crippen molar-refractivity contribution in [3.8, 4) is 5.75 Å². The van der Waals surface area contributed by atoms with E-state index in [9.17, 15) is 19.1 Å². The first kappa shape index (κ1) is 27.3. The number of unbranched alkanes of at least 4 members (excludes halogenated alkanes) is 2. The van der Waals surface area contributed by atoms with E-state index in [1.807, 2.05) is 12.1 Å². The molecule has 1 heterocycles. The van der Waals surface area contributed by atoms with Gasteiger partial charge in [-0.3, -0.25) is 9.59 Å². The molecule has 0 bridgehead atoms. The molecular formula is C29H38FN3O3S. The molecule has 3 aromatic rings. The molecule has 1 amide bonds. The fourth-order valence-electron chi connectivity index (χ4n) is 5.34. The number of aromatic hydroxyl groups is 1. The number of rotatable bonds is 13. The number of hydrogen-bond donors (Lipinski definition) is 3. The van der Waals surface area contributed by atoms with Crippen LogP contribution in [0.3, 0.4) is 0 Å². The predicted molar refractivity (Wildman–Crippen MR) is 148 cm³/mol. The van der Waals surface area contributed by atoms with Crippen LogP contribution in [0.1, 0.15) is 68.9 Å². The Kier molecular flexibility index (Phi) is 10.1. The second kappa shape index (κ2) is 13.7. The zero-order valence-electron chi connectivity index (χ0n) is 21.4. The van der Waals surface area contributed by atoms with Gasteiger partial charge in [-0.15, -0.1) is 0 Å². The molecule has 8 heteroatoms. The van der Waals surface area contributed by atoms with Crippen LogP contribution in [0.5, 0.6) is 5.75 Å². The number of hydrogen-bond acceptors (Lipinski definition) is 5. The first-order chi connectivity index (χ1) is 18.0. The minimum absolute atomic E-state index is 0.112. The largest absolute Gasteiger partial charge is 0.506 e. The van der Waals surface area contributed by atoms with Crippen LogP contribution in [0.4, 0.5) is 4.39 Å². The third kappa shape index (κ3) is 7.65. The molecule has 0 radical (unpaired) electrons. The number of thiazole rings is 1. The zero-order chi connectivity index (χ0) is 26.0. The Labute approximate surface area is 221 Å². The van der Waals surface area contributed by atoms with Gasteiger partial charge in [0.2, 0.25) is 5.91 Å². The number of nitrogens with one attached hydrogen (secondary N) is 2. The maximum absolute atomic E-state index is 13.8. The molecule has 1 fully saturated rings. The molecule has 0 saturated heterocycles. The smallest absolute Gasteiger partial charge is 0.305 e. The van der Waals surface area contributed by atoms with E-state index in [2.05, 4.69) is 15.2 Å². The molecule has 6 nitrogen and oxygen atoms in total. The molecule has 1 aliphatic carbocycles. The summed E-state index contributed by atoms with van der Waals surface area (Å²) in [7, 11) is 0. The van der Waals surface area contributed by atoms with Gasteiger partial charge in [-0.2, -0.15) is 0 Å². The van der Waals surface area contributed by atoms with Crippen molar-refractivity contribution in [3.63, 3.8) is 0 Å². The van der Waals surface area contributed by atoms with E-state index in [4.69, 9.17) is 0 Å². The normalized spacial score (nSPS) is 14.3. The fraction of sp³-hybridized carbons (Fsp3) is 0.517. The SMILES string of the molecule is O=C(CCNCCc1ccccc1F)N(CCCCCc1ccc(O)c2[nH]c(=O)sc12)C1CCCCC1. The van der Waals surface area contributed by atoms with Crippen molar-refractivity contribution >= 4 is 27.5 Å². The average molecular weight is 528 g/mol. The molecule has 37 heavy (non-hydrogen) atoms. The number of phenols is 1. The number of phenolic OH excluding ortho intramolecular Hbond substituents is 1. The van der Waals surface area contributed by atoms with Gasteiger partial charge < -0.3 is 20.3 Å². The van der Waals surface area contributed by atoms with Crippen molar-refractivity contribution in [2.75, 3.05) is 19.6 Å². The summed E-state index contributed by atoms with van der Waals surface area (Å²) < 4.78 is 14.6. The highest BCUT2D eigenvalue weighted by Crippen LogP contribution is 2.29. The third-order valence-corrected chi connectivity index (χ3v) is 8.32. The van der Waals surface area contributed by atoms with Crippen LogP contribution in [0, 0.1) is 5.82 Å². The molecule has 0 unspecified atom stereocenters. The average Bonchev–Trinajstić information content (AvgIpc) is 3.31. The first-order valence-electron chi connectivity index (χ1n) is 13.6. The number of aryl methyl sites for hydroxylation is 1. The van der Waals surface area contributed by atoms with Gasteiger partial charge in [0.05, 0.1) is 4.70 Å². The summed E-state index contributed by atoms with van der Waals surface area (Å²) in [6.45, 7) is 2.03. The lowest BCUT2D eigenvalue weighted by Crippen LogP contribution is -2.43. The van der Waals surface area contributed by atoms with Crippen molar-refractivity contribution in [2.45, 2.75) is 76.7 Å². The molecule has 0 atom stereocenters. The summed E-state index contributed by atoms with van der Waals surface area (Å²) in [5, 5.41) is 13.3. The third-order valence-electron chi connectivity index (χ3n) is 7.36. The molecule has 1 saturated carbocycles. The number of carbonyl (C=O) groups excluding carboxylic acids is 1. The predicted octanol–water partition coefficient (Wildman–Crippen LogP) is 5.53. The van der Waals surface area contributed by atoms with Crippen LogP contribution in [0.15, 0.2) is 41.2 Å². The van der Waals surface area contributed by atoms with E-state index < -0.39 is 0 Å². The van der Waals surface area contributed by atoms with Crippen molar-refractivity contribution in [2.24, 2.45) is 0 Å². The number of halogens is 1. The molecular weight excluding hydrogens is 489 g/mol. The lowest BCUT2D eigenvalue weighted by Gasteiger charge is -2.34. The maximum Gasteiger partial charge on any atom is 0.305 e. The molecule has 2 aromatic carbocycles. The van der Waals surface area contributed by atoms with Gasteiger partial charge >= 0.3 is 4.87 Å². The summed E-state index contributed by atoms with van der Waals surface area (Å²) >= 11 is 1.15. The first-order valence-corrected chi connectivity index (χ1v) is 14.4. The van der Waals surface area contributed by atoms with E-state index in [1.54, 1.807) is 18.2 Å².